The molecule has 23 heavy (non-hydrogen) atoms. The first-order valence-corrected chi connectivity index (χ1v) is 7.36. The minimum Gasteiger partial charge on any atom is -0.493 e. The second kappa shape index (κ2) is 7.21. The highest BCUT2D eigenvalue weighted by Gasteiger charge is 2.25. The molecule has 1 aliphatic heterocycles. The van der Waals surface area contributed by atoms with Crippen LogP contribution < -0.4 is 14.2 Å². The quantitative estimate of drug-likeness (QED) is 0.828. The maximum absolute atomic E-state index is 12.7. The molecule has 1 aromatic carbocycles. The summed E-state index contributed by atoms with van der Waals surface area (Å²) in [6, 6.07) is 3.28. The molecule has 2 amide bonds. The van der Waals surface area contributed by atoms with Gasteiger partial charge in [0.05, 0.1) is 21.3 Å². The summed E-state index contributed by atoms with van der Waals surface area (Å²) < 4.78 is 15.8. The van der Waals surface area contributed by atoms with Crippen molar-refractivity contribution in [2.45, 2.75) is 6.92 Å². The van der Waals surface area contributed by atoms with E-state index in [1.165, 1.54) is 28.3 Å². The fourth-order valence-corrected chi connectivity index (χ4v) is 2.61. The van der Waals surface area contributed by atoms with E-state index in [4.69, 9.17) is 14.2 Å². The SMILES string of the molecule is COc1cc(C(=O)N2CCN(C(C)=O)CC2)cc(OC)c1OC. The van der Waals surface area contributed by atoms with Crippen LogP contribution in [0.3, 0.4) is 0 Å². The van der Waals surface area contributed by atoms with Gasteiger partial charge in [0.1, 0.15) is 0 Å². The van der Waals surface area contributed by atoms with Gasteiger partial charge in [-0.15, -0.1) is 0 Å². The Morgan fingerprint density at radius 1 is 0.870 bits per heavy atom. The number of rotatable bonds is 4. The second-order valence-corrected chi connectivity index (χ2v) is 5.21. The van der Waals surface area contributed by atoms with Gasteiger partial charge >= 0.3 is 0 Å². The Kier molecular flexibility index (Phi) is 5.31. The van der Waals surface area contributed by atoms with Crippen LogP contribution in [0.5, 0.6) is 17.2 Å². The Morgan fingerprint density at radius 2 is 1.35 bits per heavy atom. The van der Waals surface area contributed by atoms with E-state index in [1.54, 1.807) is 21.9 Å². The topological polar surface area (TPSA) is 68.3 Å². The lowest BCUT2D eigenvalue weighted by atomic mass is 10.1. The molecular formula is C16H22N2O5. The number of benzene rings is 1. The molecule has 0 aromatic heterocycles. The van der Waals surface area contributed by atoms with Crippen LogP contribution in [0.4, 0.5) is 0 Å². The molecule has 0 radical (unpaired) electrons. The number of carbonyl (C=O) groups excluding carboxylic acids is 2. The molecule has 2 rings (SSSR count). The lowest BCUT2D eigenvalue weighted by Crippen LogP contribution is -2.50. The highest BCUT2D eigenvalue weighted by molar-refractivity contribution is 5.95. The standard InChI is InChI=1S/C16H22N2O5/c1-11(19)17-5-7-18(8-6-17)16(20)12-9-13(21-2)15(23-4)14(10-12)22-3/h9-10H,5-8H2,1-4H3. The summed E-state index contributed by atoms with van der Waals surface area (Å²) in [5.74, 6) is 1.25. The minimum absolute atomic E-state index is 0.0323. The molecule has 1 heterocycles. The third-order valence-electron chi connectivity index (χ3n) is 3.92. The minimum atomic E-state index is -0.118. The summed E-state index contributed by atoms with van der Waals surface area (Å²) in [6.45, 7) is 3.65. The van der Waals surface area contributed by atoms with E-state index in [2.05, 4.69) is 0 Å². The Bertz CT molecular complexity index is 569. The number of hydrogen-bond acceptors (Lipinski definition) is 5. The van der Waals surface area contributed by atoms with Crippen LogP contribution >= 0.6 is 0 Å². The van der Waals surface area contributed by atoms with E-state index in [-0.39, 0.29) is 11.8 Å². The van der Waals surface area contributed by atoms with Gasteiger partial charge in [0, 0.05) is 38.7 Å². The summed E-state index contributed by atoms with van der Waals surface area (Å²) >= 11 is 0. The lowest BCUT2D eigenvalue weighted by molar-refractivity contribution is -0.130. The first-order chi connectivity index (χ1) is 11.0. The molecule has 0 atom stereocenters. The number of amides is 2. The van der Waals surface area contributed by atoms with Gasteiger partial charge in [-0.2, -0.15) is 0 Å². The van der Waals surface area contributed by atoms with Crippen LogP contribution in [0.25, 0.3) is 0 Å². The van der Waals surface area contributed by atoms with Crippen molar-refractivity contribution in [1.82, 2.24) is 9.80 Å². The molecule has 1 saturated heterocycles. The molecule has 1 aliphatic rings. The van der Waals surface area contributed by atoms with Crippen LogP contribution in [-0.4, -0.2) is 69.1 Å². The van der Waals surface area contributed by atoms with Gasteiger partial charge in [0.2, 0.25) is 11.7 Å². The number of piperazine rings is 1. The van der Waals surface area contributed by atoms with E-state index in [9.17, 15) is 9.59 Å². The van der Waals surface area contributed by atoms with Crippen molar-refractivity contribution in [3.63, 3.8) is 0 Å². The van der Waals surface area contributed by atoms with Gasteiger partial charge in [-0.1, -0.05) is 0 Å². The Hall–Kier alpha value is -2.44. The molecule has 0 spiro atoms. The van der Waals surface area contributed by atoms with Crippen LogP contribution in [0.1, 0.15) is 17.3 Å². The molecule has 0 bridgehead atoms. The highest BCUT2D eigenvalue weighted by atomic mass is 16.5. The molecule has 0 N–H and O–H groups in total. The van der Waals surface area contributed by atoms with Gasteiger partial charge in [-0.05, 0) is 12.1 Å². The summed E-state index contributed by atoms with van der Waals surface area (Å²) in [6.07, 6.45) is 0. The zero-order chi connectivity index (χ0) is 17.0. The first kappa shape index (κ1) is 16.9. The normalized spacial score (nSPS) is 14.4. The molecule has 126 valence electrons. The van der Waals surface area contributed by atoms with E-state index >= 15 is 0 Å². The van der Waals surface area contributed by atoms with E-state index in [0.29, 0.717) is 49.0 Å². The van der Waals surface area contributed by atoms with Crippen molar-refractivity contribution in [2.24, 2.45) is 0 Å². The van der Waals surface area contributed by atoms with Gasteiger partial charge in [-0.25, -0.2) is 0 Å². The third kappa shape index (κ3) is 3.49. The summed E-state index contributed by atoms with van der Waals surface area (Å²) in [5, 5.41) is 0. The number of ether oxygens (including phenoxy) is 3. The first-order valence-electron chi connectivity index (χ1n) is 7.36. The fraction of sp³-hybridized carbons (Fsp3) is 0.500. The number of carbonyl (C=O) groups is 2. The molecule has 0 unspecified atom stereocenters. The fourth-order valence-electron chi connectivity index (χ4n) is 2.61. The highest BCUT2D eigenvalue weighted by Crippen LogP contribution is 2.38. The predicted molar refractivity (Wildman–Crippen MR) is 84.3 cm³/mol. The van der Waals surface area contributed by atoms with Crippen molar-refractivity contribution < 1.29 is 23.8 Å². The maximum Gasteiger partial charge on any atom is 0.254 e. The van der Waals surface area contributed by atoms with Crippen molar-refractivity contribution in [1.29, 1.82) is 0 Å². The average molecular weight is 322 g/mol. The monoisotopic (exact) mass is 322 g/mol. The molecule has 0 saturated carbocycles. The number of hydrogen-bond donors (Lipinski definition) is 0. The smallest absolute Gasteiger partial charge is 0.254 e. The van der Waals surface area contributed by atoms with Gasteiger partial charge in [-0.3, -0.25) is 9.59 Å². The Labute approximate surface area is 135 Å². The molecule has 7 nitrogen and oxygen atoms in total. The van der Waals surface area contributed by atoms with Crippen molar-refractivity contribution in [2.75, 3.05) is 47.5 Å². The van der Waals surface area contributed by atoms with Gasteiger partial charge in [0.15, 0.2) is 11.5 Å². The molecule has 7 heteroatoms. The molecule has 0 aliphatic carbocycles. The molecule has 1 aromatic rings. The predicted octanol–water partition coefficient (Wildman–Crippen LogP) is 1.02. The van der Waals surface area contributed by atoms with Crippen LogP contribution in [-0.2, 0) is 4.79 Å². The van der Waals surface area contributed by atoms with Crippen LogP contribution in [0.2, 0.25) is 0 Å². The largest absolute Gasteiger partial charge is 0.493 e. The summed E-state index contributed by atoms with van der Waals surface area (Å²) in [5.41, 5.74) is 0.468. The maximum atomic E-state index is 12.7. The van der Waals surface area contributed by atoms with Gasteiger partial charge in [0.25, 0.3) is 5.91 Å². The lowest BCUT2D eigenvalue weighted by Gasteiger charge is -2.34. The second-order valence-electron chi connectivity index (χ2n) is 5.21. The Morgan fingerprint density at radius 3 is 1.74 bits per heavy atom. The summed E-state index contributed by atoms with van der Waals surface area (Å²) in [7, 11) is 4.54. The van der Waals surface area contributed by atoms with Crippen molar-refractivity contribution >= 4 is 11.8 Å². The summed E-state index contributed by atoms with van der Waals surface area (Å²) in [4.78, 5) is 27.5. The molecule has 1 fully saturated rings. The van der Waals surface area contributed by atoms with Gasteiger partial charge < -0.3 is 24.0 Å². The zero-order valence-electron chi connectivity index (χ0n) is 13.9. The van der Waals surface area contributed by atoms with E-state index in [0.717, 1.165) is 0 Å². The molecular weight excluding hydrogens is 300 g/mol. The van der Waals surface area contributed by atoms with Crippen molar-refractivity contribution in [3.8, 4) is 17.2 Å². The average Bonchev–Trinajstić information content (AvgIpc) is 2.59. The van der Waals surface area contributed by atoms with Crippen molar-refractivity contribution in [3.05, 3.63) is 17.7 Å². The van der Waals surface area contributed by atoms with E-state index in [1.807, 2.05) is 0 Å². The number of methoxy groups -OCH3 is 3. The zero-order valence-corrected chi connectivity index (χ0v) is 13.9. The van der Waals surface area contributed by atoms with Crippen LogP contribution in [0.15, 0.2) is 12.1 Å². The number of nitrogens with zero attached hydrogens (tertiary/aromatic N) is 2. The van der Waals surface area contributed by atoms with E-state index < -0.39 is 0 Å². The Balaban J connectivity index is 2.21. The van der Waals surface area contributed by atoms with Crippen LogP contribution in [0, 0.1) is 0 Å². The third-order valence-corrected chi connectivity index (χ3v) is 3.92.